The molecule has 31 heavy (non-hydrogen) atoms. The number of rotatable bonds is 10. The van der Waals surface area contributed by atoms with Crippen molar-refractivity contribution in [3.63, 3.8) is 0 Å². The number of amides is 2. The van der Waals surface area contributed by atoms with E-state index in [1.54, 1.807) is 12.1 Å². The van der Waals surface area contributed by atoms with Gasteiger partial charge in [-0.15, -0.1) is 11.8 Å². The first kappa shape index (κ1) is 25.7. The molecule has 170 valence electrons. The minimum absolute atomic E-state index is 0.240. The summed E-state index contributed by atoms with van der Waals surface area (Å²) in [6, 6.07) is 4.66. The molecule has 1 aromatic rings. The molecule has 1 fully saturated rings. The minimum Gasteiger partial charge on any atom is -0.391 e. The Morgan fingerprint density at radius 2 is 1.90 bits per heavy atom. The van der Waals surface area contributed by atoms with Gasteiger partial charge in [0.05, 0.1) is 12.1 Å². The van der Waals surface area contributed by atoms with Crippen LogP contribution in [0, 0.1) is 23.6 Å². The topological polar surface area (TPSA) is 78.4 Å². The molecule has 0 bridgehead atoms. The van der Waals surface area contributed by atoms with Gasteiger partial charge in [-0.1, -0.05) is 33.6 Å². The highest BCUT2D eigenvalue weighted by Crippen LogP contribution is 2.36. The quantitative estimate of drug-likeness (QED) is 0.375. The summed E-state index contributed by atoms with van der Waals surface area (Å²) in [5.41, 5.74) is 0. The van der Waals surface area contributed by atoms with Gasteiger partial charge in [-0.2, -0.15) is 0 Å². The van der Waals surface area contributed by atoms with E-state index in [1.807, 2.05) is 6.92 Å². The summed E-state index contributed by atoms with van der Waals surface area (Å²) in [5.74, 6) is 0.395. The number of benzene rings is 1. The van der Waals surface area contributed by atoms with Crippen molar-refractivity contribution in [1.29, 1.82) is 0 Å². The first-order valence-corrected chi connectivity index (χ1v) is 12.1. The van der Waals surface area contributed by atoms with E-state index < -0.39 is 24.0 Å². The molecule has 1 aromatic carbocycles. The average Bonchev–Trinajstić information content (AvgIpc) is 2.72. The third-order valence-corrected chi connectivity index (χ3v) is 7.37. The Labute approximate surface area is 190 Å². The van der Waals surface area contributed by atoms with Gasteiger partial charge in [0.1, 0.15) is 11.9 Å². The fourth-order valence-electron chi connectivity index (χ4n) is 4.27. The van der Waals surface area contributed by atoms with Gasteiger partial charge in [0.15, 0.2) is 5.81 Å². The molecule has 0 aromatic heterocycles. The minimum atomic E-state index is -0.859. The Bertz CT molecular complexity index is 721. The van der Waals surface area contributed by atoms with E-state index in [0.29, 0.717) is 30.6 Å². The molecule has 0 heterocycles. The summed E-state index contributed by atoms with van der Waals surface area (Å²) >= 11 is 1.32. The van der Waals surface area contributed by atoms with E-state index in [1.165, 1.54) is 36.7 Å². The van der Waals surface area contributed by atoms with Crippen molar-refractivity contribution in [3.8, 4) is 0 Å². The number of aliphatic hydroxyl groups excluding tert-OH is 1. The van der Waals surface area contributed by atoms with Crippen molar-refractivity contribution in [2.75, 3.05) is 5.75 Å². The molecule has 2 rings (SSSR count). The number of hydrogen-bond acceptors (Lipinski definition) is 4. The van der Waals surface area contributed by atoms with E-state index in [9.17, 15) is 19.1 Å². The molecule has 1 aliphatic carbocycles. The molecule has 2 amide bonds. The highest BCUT2D eigenvalue weighted by Gasteiger charge is 2.31. The molecule has 6 atom stereocenters. The van der Waals surface area contributed by atoms with Gasteiger partial charge in [-0.3, -0.25) is 9.59 Å². The lowest BCUT2D eigenvalue weighted by Gasteiger charge is -2.36. The van der Waals surface area contributed by atoms with Crippen LogP contribution in [0.15, 0.2) is 29.2 Å². The Balaban J connectivity index is 1.96. The van der Waals surface area contributed by atoms with Crippen molar-refractivity contribution < 1.29 is 19.1 Å². The van der Waals surface area contributed by atoms with Crippen LogP contribution in [-0.4, -0.2) is 48.6 Å². The molecular formula is C23H34BFN2O3S. The molecule has 0 saturated heterocycles. The summed E-state index contributed by atoms with van der Waals surface area (Å²) < 4.78 is 13.1. The van der Waals surface area contributed by atoms with Crippen LogP contribution in [0.5, 0.6) is 0 Å². The molecular weight excluding hydrogens is 414 g/mol. The highest BCUT2D eigenvalue weighted by atomic mass is 32.2. The molecule has 1 saturated carbocycles. The zero-order valence-electron chi connectivity index (χ0n) is 18.6. The zero-order chi connectivity index (χ0) is 23.0. The van der Waals surface area contributed by atoms with Crippen LogP contribution in [0.2, 0.25) is 0 Å². The lowest BCUT2D eigenvalue weighted by Crippen LogP contribution is -2.53. The van der Waals surface area contributed by atoms with Gasteiger partial charge < -0.3 is 15.7 Å². The van der Waals surface area contributed by atoms with E-state index in [-0.39, 0.29) is 17.5 Å². The molecule has 5 nitrogen and oxygen atoms in total. The monoisotopic (exact) mass is 448 g/mol. The summed E-state index contributed by atoms with van der Waals surface area (Å²) in [4.78, 5) is 25.1. The van der Waals surface area contributed by atoms with E-state index in [0.717, 1.165) is 11.3 Å². The first-order valence-electron chi connectivity index (χ1n) is 11.1. The number of aliphatic hydroxyl groups is 1. The number of carbonyl (C=O) groups is 2. The number of thioether (sulfide) groups is 1. The van der Waals surface area contributed by atoms with Crippen LogP contribution in [0.25, 0.3) is 0 Å². The lowest BCUT2D eigenvalue weighted by molar-refractivity contribution is -0.124. The zero-order valence-corrected chi connectivity index (χ0v) is 19.5. The van der Waals surface area contributed by atoms with Gasteiger partial charge in [0.2, 0.25) is 13.8 Å². The average molecular weight is 448 g/mol. The molecule has 1 aliphatic rings. The largest absolute Gasteiger partial charge is 0.391 e. The third-order valence-electron chi connectivity index (χ3n) is 6.26. The van der Waals surface area contributed by atoms with Crippen LogP contribution in [0.1, 0.15) is 52.9 Å². The molecule has 6 unspecified atom stereocenters. The SMILES string of the molecule is [B]C(=O)NC(CSc1ccc(F)cc1)C(=O)NC(CC)C(O)CC1CC(C)CCC1C. The second kappa shape index (κ2) is 12.5. The summed E-state index contributed by atoms with van der Waals surface area (Å²) in [7, 11) is 5.26. The maximum atomic E-state index is 13.1. The van der Waals surface area contributed by atoms with Gasteiger partial charge in [0, 0.05) is 10.6 Å². The summed E-state index contributed by atoms with van der Waals surface area (Å²) in [6.07, 6.45) is 4.09. The Hall–Kier alpha value is -1.54. The van der Waals surface area contributed by atoms with Crippen LogP contribution in [0.3, 0.4) is 0 Å². The number of nitrogens with one attached hydrogen (secondary N) is 2. The van der Waals surface area contributed by atoms with Crippen LogP contribution < -0.4 is 10.6 Å². The Kier molecular flexibility index (Phi) is 10.4. The molecule has 3 N–H and O–H groups in total. The van der Waals surface area contributed by atoms with Crippen LogP contribution in [0.4, 0.5) is 9.18 Å². The normalized spacial score (nSPS) is 24.1. The van der Waals surface area contributed by atoms with Crippen molar-refractivity contribution >= 4 is 31.3 Å². The molecule has 0 aliphatic heterocycles. The van der Waals surface area contributed by atoms with Gasteiger partial charge in [0.25, 0.3) is 0 Å². The Morgan fingerprint density at radius 3 is 2.52 bits per heavy atom. The maximum absolute atomic E-state index is 13.1. The van der Waals surface area contributed by atoms with Crippen molar-refractivity contribution in [1.82, 2.24) is 10.6 Å². The van der Waals surface area contributed by atoms with E-state index in [4.69, 9.17) is 7.85 Å². The first-order chi connectivity index (χ1) is 14.7. The summed E-state index contributed by atoms with van der Waals surface area (Å²) in [5, 5.41) is 16.2. The fourth-order valence-corrected chi connectivity index (χ4v) is 5.19. The Morgan fingerprint density at radius 1 is 1.23 bits per heavy atom. The second-order valence-corrected chi connectivity index (χ2v) is 9.90. The van der Waals surface area contributed by atoms with Crippen molar-refractivity contribution in [2.24, 2.45) is 17.8 Å². The second-order valence-electron chi connectivity index (χ2n) is 8.81. The van der Waals surface area contributed by atoms with Crippen molar-refractivity contribution in [2.45, 2.75) is 76.0 Å². The lowest BCUT2D eigenvalue weighted by atomic mass is 9.73. The predicted molar refractivity (Wildman–Crippen MR) is 124 cm³/mol. The standard InChI is InChI=1S/C23H34BFN2O3S/c1-4-19(21(28)12-16-11-14(2)5-6-15(16)3)26-22(29)20(27-23(24)30)13-31-18-9-7-17(25)8-10-18/h7-10,14-16,19-21,28H,4-6,11-13H2,1-3H3,(H,26,29)(H,27,30). The highest BCUT2D eigenvalue weighted by molar-refractivity contribution is 7.99. The van der Waals surface area contributed by atoms with Gasteiger partial charge in [-0.25, -0.2) is 4.39 Å². The van der Waals surface area contributed by atoms with Gasteiger partial charge >= 0.3 is 0 Å². The van der Waals surface area contributed by atoms with Crippen LogP contribution in [-0.2, 0) is 4.79 Å². The van der Waals surface area contributed by atoms with Crippen LogP contribution >= 0.6 is 11.8 Å². The molecule has 2 radical (unpaired) electrons. The predicted octanol–water partition coefficient (Wildman–Crippen LogP) is 3.88. The van der Waals surface area contributed by atoms with E-state index in [2.05, 4.69) is 24.5 Å². The molecule has 8 heteroatoms. The smallest absolute Gasteiger partial charge is 0.243 e. The number of hydrogen-bond donors (Lipinski definition) is 3. The summed E-state index contributed by atoms with van der Waals surface area (Å²) in [6.45, 7) is 6.41. The number of halogens is 1. The molecule has 0 spiro atoms. The van der Waals surface area contributed by atoms with E-state index >= 15 is 0 Å². The maximum Gasteiger partial charge on any atom is 0.243 e. The van der Waals surface area contributed by atoms with Crippen molar-refractivity contribution in [3.05, 3.63) is 30.1 Å². The fraction of sp³-hybridized carbons (Fsp3) is 0.652. The third kappa shape index (κ3) is 8.49. The van der Waals surface area contributed by atoms with Gasteiger partial charge in [-0.05, 0) is 61.3 Å². The number of carbonyl (C=O) groups excluding carboxylic acids is 2.